The lowest BCUT2D eigenvalue weighted by molar-refractivity contribution is 0.00720. The highest BCUT2D eigenvalue weighted by atomic mass is 16.5. The Balaban J connectivity index is 1.67. The summed E-state index contributed by atoms with van der Waals surface area (Å²) < 4.78 is 6.00. The van der Waals surface area contributed by atoms with Crippen LogP contribution in [0.3, 0.4) is 0 Å². The normalized spacial score (nSPS) is 28.1. The van der Waals surface area contributed by atoms with Gasteiger partial charge in [0, 0.05) is 13.1 Å². The minimum atomic E-state index is 0.251. The Kier molecular flexibility index (Phi) is 4.16. The van der Waals surface area contributed by atoms with Crippen molar-refractivity contribution in [3.63, 3.8) is 0 Å². The van der Waals surface area contributed by atoms with Gasteiger partial charge >= 0.3 is 0 Å². The first-order valence-electron chi connectivity index (χ1n) is 7.48. The average Bonchev–Trinajstić information content (AvgIpc) is 2.48. The third kappa shape index (κ3) is 2.99. The number of piperidine rings is 1. The van der Waals surface area contributed by atoms with Gasteiger partial charge in [-0.05, 0) is 49.4 Å². The number of hydrogen-bond donors (Lipinski definition) is 1. The van der Waals surface area contributed by atoms with Gasteiger partial charge in [0.2, 0.25) is 0 Å². The molecule has 0 radical (unpaired) electrons. The van der Waals surface area contributed by atoms with Gasteiger partial charge in [-0.25, -0.2) is 0 Å². The van der Waals surface area contributed by atoms with Crippen molar-refractivity contribution in [2.45, 2.75) is 25.4 Å². The van der Waals surface area contributed by atoms with E-state index in [1.807, 2.05) is 0 Å². The molecule has 1 fully saturated rings. The molecule has 2 aliphatic heterocycles. The molecule has 1 saturated heterocycles. The Morgan fingerprint density at radius 3 is 3.11 bits per heavy atom. The summed E-state index contributed by atoms with van der Waals surface area (Å²) in [6, 6.07) is 8.72. The van der Waals surface area contributed by atoms with Crippen molar-refractivity contribution in [2.75, 3.05) is 32.8 Å². The highest BCUT2D eigenvalue weighted by Crippen LogP contribution is 2.28. The highest BCUT2D eigenvalue weighted by Gasteiger charge is 2.25. The molecule has 3 heteroatoms. The molecule has 19 heavy (non-hydrogen) atoms. The van der Waals surface area contributed by atoms with Crippen molar-refractivity contribution in [2.24, 2.45) is 11.7 Å². The zero-order chi connectivity index (χ0) is 13.1. The lowest BCUT2D eigenvalue weighted by Crippen LogP contribution is -2.41. The van der Waals surface area contributed by atoms with Gasteiger partial charge < -0.3 is 15.4 Å². The summed E-state index contributed by atoms with van der Waals surface area (Å²) in [5.74, 6) is 0.674. The van der Waals surface area contributed by atoms with Gasteiger partial charge in [-0.1, -0.05) is 24.3 Å². The van der Waals surface area contributed by atoms with Crippen LogP contribution in [0.15, 0.2) is 24.3 Å². The molecular weight excluding hydrogens is 236 g/mol. The van der Waals surface area contributed by atoms with Crippen molar-refractivity contribution in [1.82, 2.24) is 4.90 Å². The average molecular weight is 260 g/mol. The molecule has 2 unspecified atom stereocenters. The number of benzene rings is 1. The molecule has 1 aromatic rings. The summed E-state index contributed by atoms with van der Waals surface area (Å²) in [7, 11) is 0. The second-order valence-electron chi connectivity index (χ2n) is 5.81. The third-order valence-electron chi connectivity index (χ3n) is 4.45. The molecule has 0 amide bonds. The van der Waals surface area contributed by atoms with Crippen LogP contribution in [0, 0.1) is 5.92 Å². The Bertz CT molecular complexity index is 421. The fraction of sp³-hybridized carbons (Fsp3) is 0.625. The molecule has 2 N–H and O–H groups in total. The zero-order valence-corrected chi connectivity index (χ0v) is 11.6. The summed E-state index contributed by atoms with van der Waals surface area (Å²) >= 11 is 0. The quantitative estimate of drug-likeness (QED) is 0.903. The van der Waals surface area contributed by atoms with Crippen molar-refractivity contribution < 1.29 is 4.74 Å². The van der Waals surface area contributed by atoms with E-state index in [-0.39, 0.29) is 6.10 Å². The second-order valence-corrected chi connectivity index (χ2v) is 5.81. The number of rotatable bonds is 3. The lowest BCUT2D eigenvalue weighted by Gasteiger charge is -2.36. The van der Waals surface area contributed by atoms with E-state index in [1.54, 1.807) is 0 Å². The maximum absolute atomic E-state index is 6.00. The summed E-state index contributed by atoms with van der Waals surface area (Å²) in [6.45, 7) is 5.03. The SMILES string of the molecule is NCC1CCCN(CC2OCCc3ccccc32)C1. The second kappa shape index (κ2) is 6.04. The Morgan fingerprint density at radius 2 is 2.21 bits per heavy atom. The number of nitrogens with zero attached hydrogens (tertiary/aromatic N) is 1. The molecular formula is C16H24N2O. The minimum Gasteiger partial charge on any atom is -0.372 e. The summed E-state index contributed by atoms with van der Waals surface area (Å²) in [6.07, 6.45) is 3.87. The molecule has 3 nitrogen and oxygen atoms in total. The van der Waals surface area contributed by atoms with Gasteiger partial charge in [0.1, 0.15) is 0 Å². The number of likely N-dealkylation sites (tertiary alicyclic amines) is 1. The molecule has 0 bridgehead atoms. The van der Waals surface area contributed by atoms with Gasteiger partial charge in [0.25, 0.3) is 0 Å². The van der Waals surface area contributed by atoms with Crippen molar-refractivity contribution in [3.05, 3.63) is 35.4 Å². The van der Waals surface area contributed by atoms with E-state index in [9.17, 15) is 0 Å². The van der Waals surface area contributed by atoms with E-state index in [4.69, 9.17) is 10.5 Å². The Labute approximate surface area is 115 Å². The first-order chi connectivity index (χ1) is 9.36. The monoisotopic (exact) mass is 260 g/mol. The van der Waals surface area contributed by atoms with Crippen molar-refractivity contribution >= 4 is 0 Å². The van der Waals surface area contributed by atoms with Gasteiger partial charge in [0.05, 0.1) is 12.7 Å². The molecule has 0 aliphatic carbocycles. The minimum absolute atomic E-state index is 0.251. The molecule has 104 valence electrons. The number of nitrogens with two attached hydrogens (primary N) is 1. The molecule has 3 rings (SSSR count). The molecule has 0 saturated carbocycles. The smallest absolute Gasteiger partial charge is 0.0954 e. The fourth-order valence-electron chi connectivity index (χ4n) is 3.37. The molecule has 0 aromatic heterocycles. The molecule has 2 atom stereocenters. The zero-order valence-electron chi connectivity index (χ0n) is 11.6. The van der Waals surface area contributed by atoms with Crippen LogP contribution in [-0.2, 0) is 11.2 Å². The van der Waals surface area contributed by atoms with Crippen molar-refractivity contribution in [3.8, 4) is 0 Å². The lowest BCUT2D eigenvalue weighted by atomic mass is 9.95. The number of ether oxygens (including phenoxy) is 1. The van der Waals surface area contributed by atoms with Crippen LogP contribution in [-0.4, -0.2) is 37.7 Å². The van der Waals surface area contributed by atoms with Gasteiger partial charge in [-0.15, -0.1) is 0 Å². The summed E-state index contributed by atoms with van der Waals surface area (Å²) in [5.41, 5.74) is 8.67. The third-order valence-corrected chi connectivity index (χ3v) is 4.45. The van der Waals surface area contributed by atoms with Crippen LogP contribution >= 0.6 is 0 Å². The fourth-order valence-corrected chi connectivity index (χ4v) is 3.37. The maximum Gasteiger partial charge on any atom is 0.0954 e. The van der Waals surface area contributed by atoms with Gasteiger partial charge in [0.15, 0.2) is 0 Å². The van der Waals surface area contributed by atoms with Crippen LogP contribution in [0.25, 0.3) is 0 Å². The summed E-state index contributed by atoms with van der Waals surface area (Å²) in [4.78, 5) is 2.54. The first-order valence-corrected chi connectivity index (χ1v) is 7.48. The van der Waals surface area contributed by atoms with E-state index >= 15 is 0 Å². The van der Waals surface area contributed by atoms with Gasteiger partial charge in [-0.3, -0.25) is 0 Å². The standard InChI is InChI=1S/C16H24N2O/c17-10-13-4-3-8-18(11-13)12-16-15-6-2-1-5-14(15)7-9-19-16/h1-2,5-6,13,16H,3-4,7-12,17H2. The predicted octanol–water partition coefficient (Wildman–Crippen LogP) is 1.97. The van der Waals surface area contributed by atoms with Crippen LogP contribution in [0.2, 0.25) is 0 Å². The largest absolute Gasteiger partial charge is 0.372 e. The van der Waals surface area contributed by atoms with E-state index < -0.39 is 0 Å². The molecule has 0 spiro atoms. The molecule has 2 aliphatic rings. The molecule has 2 heterocycles. The predicted molar refractivity (Wildman–Crippen MR) is 77.1 cm³/mol. The highest BCUT2D eigenvalue weighted by molar-refractivity contribution is 5.31. The van der Waals surface area contributed by atoms with Crippen LogP contribution < -0.4 is 5.73 Å². The van der Waals surface area contributed by atoms with Crippen LogP contribution in [0.5, 0.6) is 0 Å². The molecule has 1 aromatic carbocycles. The van der Waals surface area contributed by atoms with Crippen LogP contribution in [0.1, 0.15) is 30.1 Å². The number of hydrogen-bond acceptors (Lipinski definition) is 3. The van der Waals surface area contributed by atoms with Gasteiger partial charge in [-0.2, -0.15) is 0 Å². The van der Waals surface area contributed by atoms with E-state index in [0.717, 1.165) is 32.7 Å². The Morgan fingerprint density at radius 1 is 1.32 bits per heavy atom. The maximum atomic E-state index is 6.00. The van der Waals surface area contributed by atoms with Crippen LogP contribution in [0.4, 0.5) is 0 Å². The summed E-state index contributed by atoms with van der Waals surface area (Å²) in [5, 5.41) is 0. The van der Waals surface area contributed by atoms with E-state index in [2.05, 4.69) is 29.2 Å². The van der Waals surface area contributed by atoms with E-state index in [0.29, 0.717) is 5.92 Å². The van der Waals surface area contributed by atoms with E-state index in [1.165, 1.54) is 30.5 Å². The van der Waals surface area contributed by atoms with Crippen molar-refractivity contribution in [1.29, 1.82) is 0 Å². The topological polar surface area (TPSA) is 38.5 Å². The number of fused-ring (bicyclic) bond motifs is 1. The first kappa shape index (κ1) is 13.1. The Hall–Kier alpha value is -0.900.